The van der Waals surface area contributed by atoms with Crippen LogP contribution >= 0.6 is 23.4 Å². The minimum Gasteiger partial charge on any atom is -0.497 e. The molecule has 2 amide bonds. The first-order chi connectivity index (χ1) is 17.7. The van der Waals surface area contributed by atoms with E-state index in [2.05, 4.69) is 15.0 Å². The lowest BCUT2D eigenvalue weighted by atomic mass is 10.2. The zero-order chi connectivity index (χ0) is 26.4. The van der Waals surface area contributed by atoms with Gasteiger partial charge in [0.1, 0.15) is 16.7 Å². The minimum absolute atomic E-state index is 0.0415. The number of rotatable bonds is 8. The standard InChI is InChI=1S/C26H22ClF2N3O4S/c1-35-20-11-7-17(8-12-20)16-32-23(33)15-22(37-25(32)31-18-5-3-2-4-6-18)24(34)30-19-9-13-21(14-10-19)36-26(27,28)29/h2-14,22H,15-16H2,1H3,(H,30,34)/t22-/m1/s1. The molecular formula is C26H22ClF2N3O4S. The molecule has 1 heterocycles. The fourth-order valence-corrected chi connectivity index (χ4v) is 4.67. The van der Waals surface area contributed by atoms with Crippen molar-refractivity contribution in [3.8, 4) is 11.5 Å². The summed E-state index contributed by atoms with van der Waals surface area (Å²) in [5.74, 6) is -0.127. The number of alkyl halides is 3. The Morgan fingerprint density at radius 2 is 1.73 bits per heavy atom. The van der Waals surface area contributed by atoms with Crippen molar-refractivity contribution in [2.45, 2.75) is 23.8 Å². The van der Waals surface area contributed by atoms with Gasteiger partial charge in [-0.2, -0.15) is 0 Å². The molecule has 37 heavy (non-hydrogen) atoms. The number of hydrogen-bond donors (Lipinski definition) is 1. The number of benzene rings is 3. The van der Waals surface area contributed by atoms with Crippen molar-refractivity contribution in [1.82, 2.24) is 4.90 Å². The molecule has 1 saturated heterocycles. The molecule has 3 aromatic carbocycles. The van der Waals surface area contributed by atoms with E-state index in [0.29, 0.717) is 22.3 Å². The van der Waals surface area contributed by atoms with E-state index in [1.54, 1.807) is 24.1 Å². The first kappa shape index (κ1) is 26.4. The summed E-state index contributed by atoms with van der Waals surface area (Å²) in [6, 6.07) is 21.8. The predicted molar refractivity (Wildman–Crippen MR) is 140 cm³/mol. The molecule has 0 saturated carbocycles. The highest BCUT2D eigenvalue weighted by molar-refractivity contribution is 8.15. The molecule has 7 nitrogen and oxygen atoms in total. The van der Waals surface area contributed by atoms with E-state index in [1.807, 2.05) is 42.5 Å². The van der Waals surface area contributed by atoms with Crippen molar-refractivity contribution in [2.75, 3.05) is 12.4 Å². The van der Waals surface area contributed by atoms with Gasteiger partial charge in [-0.3, -0.25) is 14.5 Å². The van der Waals surface area contributed by atoms with Gasteiger partial charge in [0.2, 0.25) is 11.8 Å². The molecule has 0 bridgehead atoms. The molecule has 0 aromatic heterocycles. The number of halogens is 3. The van der Waals surface area contributed by atoms with Crippen LogP contribution in [0.3, 0.4) is 0 Å². The second-order valence-electron chi connectivity index (χ2n) is 7.93. The summed E-state index contributed by atoms with van der Waals surface area (Å²) >= 11 is 5.95. The average molecular weight is 546 g/mol. The van der Waals surface area contributed by atoms with Gasteiger partial charge in [-0.25, -0.2) is 4.99 Å². The summed E-state index contributed by atoms with van der Waals surface area (Å²) in [5, 5.41) is 2.36. The van der Waals surface area contributed by atoms with Crippen LogP contribution in [0.4, 0.5) is 20.2 Å². The second kappa shape index (κ2) is 11.6. The van der Waals surface area contributed by atoms with Crippen LogP contribution in [0.2, 0.25) is 0 Å². The van der Waals surface area contributed by atoms with Crippen molar-refractivity contribution in [1.29, 1.82) is 0 Å². The first-order valence-electron chi connectivity index (χ1n) is 11.1. The highest BCUT2D eigenvalue weighted by atomic mass is 35.5. The topological polar surface area (TPSA) is 80.2 Å². The summed E-state index contributed by atoms with van der Waals surface area (Å²) < 4.78 is 35.1. The predicted octanol–water partition coefficient (Wildman–Crippen LogP) is 6.02. The van der Waals surface area contributed by atoms with E-state index >= 15 is 0 Å². The van der Waals surface area contributed by atoms with Gasteiger partial charge < -0.3 is 14.8 Å². The molecule has 1 aliphatic rings. The number of nitrogens with zero attached hydrogens (tertiary/aromatic N) is 2. The zero-order valence-electron chi connectivity index (χ0n) is 19.6. The van der Waals surface area contributed by atoms with E-state index in [0.717, 1.165) is 5.56 Å². The van der Waals surface area contributed by atoms with Gasteiger partial charge in [0.25, 0.3) is 0 Å². The minimum atomic E-state index is -3.84. The average Bonchev–Trinajstić information content (AvgIpc) is 2.87. The van der Waals surface area contributed by atoms with Crippen molar-refractivity contribution in [2.24, 2.45) is 4.99 Å². The van der Waals surface area contributed by atoms with Gasteiger partial charge in [-0.05, 0) is 54.1 Å². The number of para-hydroxylation sites is 1. The van der Waals surface area contributed by atoms with Crippen LogP contribution in [0, 0.1) is 0 Å². The number of hydrogen-bond acceptors (Lipinski definition) is 6. The number of amides is 2. The Morgan fingerprint density at radius 1 is 1.08 bits per heavy atom. The molecule has 1 N–H and O–H groups in total. The third-order valence-corrected chi connectivity index (χ3v) is 6.53. The Morgan fingerprint density at radius 3 is 2.35 bits per heavy atom. The van der Waals surface area contributed by atoms with Gasteiger partial charge >= 0.3 is 5.57 Å². The van der Waals surface area contributed by atoms with Crippen molar-refractivity contribution >= 4 is 51.7 Å². The van der Waals surface area contributed by atoms with Crippen LogP contribution in [0.25, 0.3) is 0 Å². The molecule has 192 valence electrons. The molecule has 0 radical (unpaired) electrons. The van der Waals surface area contributed by atoms with E-state index in [9.17, 15) is 18.4 Å². The lowest BCUT2D eigenvalue weighted by Crippen LogP contribution is -2.44. The molecule has 4 rings (SSSR count). The monoisotopic (exact) mass is 545 g/mol. The fraction of sp³-hybridized carbons (Fsp3) is 0.192. The van der Waals surface area contributed by atoms with Crippen LogP contribution in [-0.4, -0.2) is 39.8 Å². The largest absolute Gasteiger partial charge is 0.497 e. The van der Waals surface area contributed by atoms with Gasteiger partial charge in [-0.1, -0.05) is 42.1 Å². The highest BCUT2D eigenvalue weighted by Gasteiger charge is 2.36. The van der Waals surface area contributed by atoms with Crippen LogP contribution in [0.5, 0.6) is 11.5 Å². The number of amidine groups is 1. The quantitative estimate of drug-likeness (QED) is 0.350. The second-order valence-corrected chi connectivity index (χ2v) is 9.54. The molecule has 0 unspecified atom stereocenters. The van der Waals surface area contributed by atoms with Crippen molar-refractivity contribution < 1.29 is 27.8 Å². The molecule has 0 aliphatic carbocycles. The molecule has 1 aliphatic heterocycles. The lowest BCUT2D eigenvalue weighted by molar-refractivity contribution is -0.129. The van der Waals surface area contributed by atoms with E-state index in [4.69, 9.17) is 16.3 Å². The molecule has 3 aromatic rings. The van der Waals surface area contributed by atoms with E-state index < -0.39 is 16.7 Å². The van der Waals surface area contributed by atoms with Crippen LogP contribution in [-0.2, 0) is 16.1 Å². The Kier molecular flexibility index (Phi) is 8.30. The number of methoxy groups -OCH3 is 1. The number of nitrogens with one attached hydrogen (secondary N) is 1. The zero-order valence-corrected chi connectivity index (χ0v) is 21.1. The molecular weight excluding hydrogens is 524 g/mol. The number of carbonyl (C=O) groups excluding carboxylic acids is 2. The normalized spacial score (nSPS) is 17.0. The number of anilines is 1. The maximum absolute atomic E-state index is 13.2. The summed E-state index contributed by atoms with van der Waals surface area (Å²) in [7, 11) is 1.58. The summed E-state index contributed by atoms with van der Waals surface area (Å²) in [4.78, 5) is 32.4. The Bertz CT molecular complexity index is 1270. The number of thioether (sulfide) groups is 1. The maximum Gasteiger partial charge on any atom is 0.487 e. The van der Waals surface area contributed by atoms with E-state index in [-0.39, 0.29) is 24.6 Å². The number of ether oxygens (including phenoxy) is 2. The van der Waals surface area contributed by atoms with E-state index in [1.165, 1.54) is 36.0 Å². The van der Waals surface area contributed by atoms with Crippen LogP contribution < -0.4 is 14.8 Å². The highest BCUT2D eigenvalue weighted by Crippen LogP contribution is 2.32. The van der Waals surface area contributed by atoms with Crippen LogP contribution in [0.15, 0.2) is 83.9 Å². The summed E-state index contributed by atoms with van der Waals surface area (Å²) in [6.45, 7) is 0.280. The Labute approximate surface area is 221 Å². The Hall–Kier alpha value is -3.63. The molecule has 1 atom stereocenters. The van der Waals surface area contributed by atoms with Gasteiger partial charge in [-0.15, -0.1) is 8.78 Å². The number of aliphatic imine (C=N–C) groups is 1. The molecule has 1 fully saturated rings. The SMILES string of the molecule is COc1ccc(CN2C(=O)C[C@H](C(=O)Nc3ccc(OC(F)(F)Cl)cc3)SC2=Nc2ccccc2)cc1. The lowest BCUT2D eigenvalue weighted by Gasteiger charge is -2.32. The maximum atomic E-state index is 13.2. The first-order valence-corrected chi connectivity index (χ1v) is 12.4. The molecule has 11 heteroatoms. The third-order valence-electron chi connectivity index (χ3n) is 5.27. The van der Waals surface area contributed by atoms with Gasteiger partial charge in [0, 0.05) is 23.7 Å². The summed E-state index contributed by atoms with van der Waals surface area (Å²) in [6.07, 6.45) is -0.0415. The third kappa shape index (κ3) is 7.43. The van der Waals surface area contributed by atoms with Gasteiger partial charge in [0.05, 0.1) is 19.3 Å². The van der Waals surface area contributed by atoms with Gasteiger partial charge in [0.15, 0.2) is 5.17 Å². The summed E-state index contributed by atoms with van der Waals surface area (Å²) in [5.41, 5.74) is -1.96. The van der Waals surface area contributed by atoms with Crippen molar-refractivity contribution in [3.63, 3.8) is 0 Å². The Balaban J connectivity index is 1.51. The fourth-order valence-electron chi connectivity index (χ4n) is 3.49. The van der Waals surface area contributed by atoms with Crippen molar-refractivity contribution in [3.05, 3.63) is 84.4 Å². The smallest absolute Gasteiger partial charge is 0.487 e. The number of carbonyl (C=O) groups is 2. The molecule has 0 spiro atoms. The van der Waals surface area contributed by atoms with Crippen LogP contribution in [0.1, 0.15) is 12.0 Å².